The summed E-state index contributed by atoms with van der Waals surface area (Å²) in [6, 6.07) is -0.581. The maximum absolute atomic E-state index is 10.5. The molecule has 4 aliphatic carbocycles. The third-order valence-electron chi connectivity index (χ3n) is 5.27. The number of hydrogen-bond donors (Lipinski definition) is 2. The van der Waals surface area contributed by atoms with Crippen LogP contribution in [0, 0.1) is 28.6 Å². The summed E-state index contributed by atoms with van der Waals surface area (Å²) in [7, 11) is 0. The number of rotatable bonds is 2. The van der Waals surface area contributed by atoms with Crippen molar-refractivity contribution in [2.75, 3.05) is 0 Å². The van der Waals surface area contributed by atoms with Crippen LogP contribution in [0.2, 0.25) is 0 Å². The zero-order chi connectivity index (χ0) is 10.8. The molecule has 82 valence electrons. The molecule has 4 rings (SSSR count). The molecule has 4 saturated carbocycles. The highest BCUT2D eigenvalue weighted by molar-refractivity contribution is 5.78. The molecule has 3 N–H and O–H groups in total. The molecular weight excluding hydrogens is 190 g/mol. The molecule has 2 amide bonds. The summed E-state index contributed by atoms with van der Waals surface area (Å²) in [5.74, 6) is 2.49. The van der Waals surface area contributed by atoms with Gasteiger partial charge in [-0.05, 0) is 36.0 Å². The van der Waals surface area contributed by atoms with Crippen LogP contribution in [0.4, 0.5) is 4.79 Å². The van der Waals surface area contributed by atoms with Gasteiger partial charge in [-0.3, -0.25) is 0 Å². The number of urea groups is 1. The lowest BCUT2D eigenvalue weighted by Crippen LogP contribution is -2.29. The Balaban J connectivity index is 1.83. The number of carbonyl (C=O) groups is 1. The molecule has 0 aromatic rings. The van der Waals surface area contributed by atoms with E-state index in [4.69, 9.17) is 5.73 Å². The molecule has 0 heterocycles. The fourth-order valence-electron chi connectivity index (χ4n) is 4.45. The molecule has 0 aromatic carbocycles. The van der Waals surface area contributed by atoms with Crippen LogP contribution >= 0.6 is 0 Å². The predicted octanol–water partition coefficient (Wildman–Crippen LogP) is 1.32. The number of primary amides is 1. The van der Waals surface area contributed by atoms with E-state index >= 15 is 0 Å². The summed E-state index contributed by atoms with van der Waals surface area (Å²) >= 11 is 0. The van der Waals surface area contributed by atoms with Gasteiger partial charge in [-0.25, -0.2) is 10.2 Å². The second kappa shape index (κ2) is 2.36. The first-order valence-electron chi connectivity index (χ1n) is 5.60. The number of hydrazone groups is 1. The molecule has 4 aliphatic rings. The van der Waals surface area contributed by atoms with Crippen LogP contribution in [0.25, 0.3) is 0 Å². The molecule has 4 heteroatoms. The van der Waals surface area contributed by atoms with E-state index in [0.717, 1.165) is 17.8 Å². The molecular formula is C11H17N3O. The lowest BCUT2D eigenvalue weighted by molar-refractivity contribution is 0.239. The van der Waals surface area contributed by atoms with Crippen LogP contribution in [0.5, 0.6) is 0 Å². The van der Waals surface area contributed by atoms with Crippen molar-refractivity contribution in [1.82, 2.24) is 5.43 Å². The van der Waals surface area contributed by atoms with Gasteiger partial charge in [0.2, 0.25) is 0 Å². The van der Waals surface area contributed by atoms with Crippen molar-refractivity contribution in [3.63, 3.8) is 0 Å². The second-order valence-electron chi connectivity index (χ2n) is 5.77. The van der Waals surface area contributed by atoms with Gasteiger partial charge in [-0.1, -0.05) is 13.8 Å². The van der Waals surface area contributed by atoms with Crippen molar-refractivity contribution in [3.8, 4) is 0 Å². The van der Waals surface area contributed by atoms with E-state index < -0.39 is 6.03 Å². The van der Waals surface area contributed by atoms with E-state index in [1.807, 2.05) is 6.21 Å². The standard InChI is InChI=1S/C11H17N3O/c1-10(2)6-3-7-8(4-6)11(7,10)5-13-14-9(12)15/h5-8H,3-4H2,1-2H3,(H3,12,14,15). The second-order valence-corrected chi connectivity index (χ2v) is 5.77. The van der Waals surface area contributed by atoms with E-state index in [1.165, 1.54) is 12.8 Å². The van der Waals surface area contributed by atoms with Gasteiger partial charge in [0.05, 0.1) is 0 Å². The SMILES string of the molecule is CC1(C)C2CC3C(C2)C31C=NNC(N)=O. The minimum Gasteiger partial charge on any atom is -0.350 e. The first-order valence-corrected chi connectivity index (χ1v) is 5.60. The molecule has 2 unspecified atom stereocenters. The normalized spacial score (nSPS) is 48.5. The van der Waals surface area contributed by atoms with Crippen molar-refractivity contribution < 1.29 is 4.79 Å². The highest BCUT2D eigenvalue weighted by atomic mass is 16.2. The lowest BCUT2D eigenvalue weighted by atomic mass is 9.76. The highest BCUT2D eigenvalue weighted by Gasteiger charge is 2.81. The summed E-state index contributed by atoms with van der Waals surface area (Å²) in [5.41, 5.74) is 7.91. The zero-order valence-corrected chi connectivity index (χ0v) is 9.16. The van der Waals surface area contributed by atoms with Gasteiger partial charge >= 0.3 is 6.03 Å². The monoisotopic (exact) mass is 207 g/mol. The largest absolute Gasteiger partial charge is 0.350 e. The Morgan fingerprint density at radius 1 is 1.47 bits per heavy atom. The Bertz CT molecular complexity index is 349. The third kappa shape index (κ3) is 0.840. The van der Waals surface area contributed by atoms with Crippen LogP contribution in [0.15, 0.2) is 5.10 Å². The minimum absolute atomic E-state index is 0.264. The number of amides is 2. The fourth-order valence-corrected chi connectivity index (χ4v) is 4.45. The maximum Gasteiger partial charge on any atom is 0.332 e. The van der Waals surface area contributed by atoms with Crippen LogP contribution < -0.4 is 11.2 Å². The first kappa shape index (κ1) is 9.19. The molecule has 15 heavy (non-hydrogen) atoms. The van der Waals surface area contributed by atoms with Gasteiger partial charge in [-0.15, -0.1) is 0 Å². The number of nitrogens with two attached hydrogens (primary N) is 1. The minimum atomic E-state index is -0.581. The number of nitrogens with one attached hydrogen (secondary N) is 1. The topological polar surface area (TPSA) is 67.5 Å². The van der Waals surface area contributed by atoms with Crippen LogP contribution in [-0.4, -0.2) is 12.2 Å². The quantitative estimate of drug-likeness (QED) is 0.520. The van der Waals surface area contributed by atoms with Crippen LogP contribution in [0.1, 0.15) is 26.7 Å². The summed E-state index contributed by atoms with van der Waals surface area (Å²) in [5, 5.41) is 3.99. The Hall–Kier alpha value is -1.06. The summed E-state index contributed by atoms with van der Waals surface area (Å²) in [4.78, 5) is 10.5. The average Bonchev–Trinajstić information content (AvgIpc) is 2.45. The maximum atomic E-state index is 10.5. The van der Waals surface area contributed by atoms with Crippen molar-refractivity contribution in [1.29, 1.82) is 0 Å². The van der Waals surface area contributed by atoms with Crippen molar-refractivity contribution in [2.24, 2.45) is 39.4 Å². The average molecular weight is 207 g/mol. The Kier molecular flexibility index (Phi) is 1.45. The highest BCUT2D eigenvalue weighted by Crippen LogP contribution is 2.85. The fraction of sp³-hybridized carbons (Fsp3) is 0.818. The van der Waals surface area contributed by atoms with E-state index in [0.29, 0.717) is 5.41 Å². The molecule has 0 aromatic heterocycles. The van der Waals surface area contributed by atoms with Gasteiger partial charge in [-0.2, -0.15) is 5.10 Å². The molecule has 0 radical (unpaired) electrons. The molecule has 0 spiro atoms. The van der Waals surface area contributed by atoms with E-state index in [-0.39, 0.29) is 5.41 Å². The molecule has 4 bridgehead atoms. The Labute approximate surface area is 89.3 Å². The number of carbonyl (C=O) groups excluding carboxylic acids is 1. The van der Waals surface area contributed by atoms with E-state index in [1.54, 1.807) is 0 Å². The van der Waals surface area contributed by atoms with Crippen molar-refractivity contribution in [2.45, 2.75) is 26.7 Å². The van der Waals surface area contributed by atoms with Gasteiger partial charge in [0.15, 0.2) is 0 Å². The third-order valence-corrected chi connectivity index (χ3v) is 5.27. The van der Waals surface area contributed by atoms with Crippen LogP contribution in [-0.2, 0) is 0 Å². The summed E-state index contributed by atoms with van der Waals surface area (Å²) in [6.45, 7) is 4.67. The molecule has 0 aliphatic heterocycles. The zero-order valence-electron chi connectivity index (χ0n) is 9.16. The van der Waals surface area contributed by atoms with Gasteiger partial charge in [0.1, 0.15) is 0 Å². The van der Waals surface area contributed by atoms with Gasteiger partial charge in [0, 0.05) is 11.6 Å². The predicted molar refractivity (Wildman–Crippen MR) is 57.1 cm³/mol. The van der Waals surface area contributed by atoms with Crippen molar-refractivity contribution in [3.05, 3.63) is 0 Å². The summed E-state index contributed by atoms with van der Waals surface area (Å²) < 4.78 is 0. The molecule has 4 fully saturated rings. The first-order chi connectivity index (χ1) is 7.00. The molecule has 4 nitrogen and oxygen atoms in total. The van der Waals surface area contributed by atoms with E-state index in [2.05, 4.69) is 24.4 Å². The van der Waals surface area contributed by atoms with E-state index in [9.17, 15) is 4.79 Å². The Morgan fingerprint density at radius 3 is 2.47 bits per heavy atom. The Morgan fingerprint density at radius 2 is 2.07 bits per heavy atom. The van der Waals surface area contributed by atoms with Gasteiger partial charge < -0.3 is 5.73 Å². The number of nitrogens with zero attached hydrogens (tertiary/aromatic N) is 1. The van der Waals surface area contributed by atoms with Crippen molar-refractivity contribution >= 4 is 12.2 Å². The summed E-state index contributed by atoms with van der Waals surface area (Å²) in [6.07, 6.45) is 4.65. The molecule has 0 saturated heterocycles. The lowest BCUT2D eigenvalue weighted by Gasteiger charge is -2.28. The van der Waals surface area contributed by atoms with Gasteiger partial charge in [0.25, 0.3) is 0 Å². The molecule has 2 atom stereocenters. The smallest absolute Gasteiger partial charge is 0.332 e. The van der Waals surface area contributed by atoms with Crippen LogP contribution in [0.3, 0.4) is 0 Å². The number of hydrogen-bond acceptors (Lipinski definition) is 2.